The van der Waals surface area contributed by atoms with Gasteiger partial charge in [-0.2, -0.15) is 0 Å². The predicted molar refractivity (Wildman–Crippen MR) is 80.8 cm³/mol. The molecular formula is C16H14ClF2N3O. The first kappa shape index (κ1) is 15.8. The smallest absolute Gasteiger partial charge is 0.229 e. The third-order valence-corrected chi connectivity index (χ3v) is 4.20. The summed E-state index contributed by atoms with van der Waals surface area (Å²) >= 11 is 5.79. The van der Waals surface area contributed by atoms with Gasteiger partial charge in [0.05, 0.1) is 23.2 Å². The van der Waals surface area contributed by atoms with E-state index in [4.69, 9.17) is 11.6 Å². The number of amides is 1. The number of hydrogen-bond donors (Lipinski definition) is 0. The van der Waals surface area contributed by atoms with Crippen molar-refractivity contribution in [2.75, 3.05) is 6.54 Å². The van der Waals surface area contributed by atoms with Gasteiger partial charge in [0.25, 0.3) is 0 Å². The molecule has 0 N–H and O–H groups in total. The van der Waals surface area contributed by atoms with Gasteiger partial charge in [0.1, 0.15) is 11.5 Å². The zero-order valence-corrected chi connectivity index (χ0v) is 12.9. The highest BCUT2D eigenvalue weighted by atomic mass is 35.5. The fraction of sp³-hybridized carbons (Fsp3) is 0.312. The molecule has 2 aromatic rings. The van der Waals surface area contributed by atoms with Crippen LogP contribution in [0.4, 0.5) is 8.78 Å². The van der Waals surface area contributed by atoms with Crippen LogP contribution in [0.25, 0.3) is 0 Å². The second-order valence-electron chi connectivity index (χ2n) is 5.35. The van der Waals surface area contributed by atoms with Crippen LogP contribution >= 0.6 is 11.6 Å². The number of rotatable bonds is 3. The van der Waals surface area contributed by atoms with Crippen molar-refractivity contribution in [2.24, 2.45) is 0 Å². The van der Waals surface area contributed by atoms with Crippen molar-refractivity contribution in [1.82, 2.24) is 14.9 Å². The fourth-order valence-corrected chi connectivity index (χ4v) is 2.96. The van der Waals surface area contributed by atoms with Crippen molar-refractivity contribution in [3.05, 3.63) is 58.6 Å². The molecule has 1 saturated heterocycles. The lowest BCUT2D eigenvalue weighted by Gasteiger charge is -2.24. The standard InChI is InChI=1S/C16H14ClF2N3O/c17-10-5-7-21-16(15(10)19)13-4-2-8-22(13)14(23)9-12-11(18)3-1-6-20-12/h1,3,5-7,13H,2,4,8-9H2. The number of hydrogen-bond acceptors (Lipinski definition) is 3. The number of carbonyl (C=O) groups excluding carboxylic acids is 1. The lowest BCUT2D eigenvalue weighted by Crippen LogP contribution is -2.33. The molecule has 0 aliphatic carbocycles. The highest BCUT2D eigenvalue weighted by Crippen LogP contribution is 2.34. The Balaban J connectivity index is 1.83. The molecule has 23 heavy (non-hydrogen) atoms. The van der Waals surface area contributed by atoms with Crippen LogP contribution in [0.1, 0.15) is 30.3 Å². The molecular weight excluding hydrogens is 324 g/mol. The van der Waals surface area contributed by atoms with Crippen LogP contribution in [0, 0.1) is 11.6 Å². The molecule has 1 aliphatic rings. The highest BCUT2D eigenvalue weighted by Gasteiger charge is 2.33. The lowest BCUT2D eigenvalue weighted by molar-refractivity contribution is -0.131. The summed E-state index contributed by atoms with van der Waals surface area (Å²) < 4.78 is 27.8. The van der Waals surface area contributed by atoms with Gasteiger partial charge in [0, 0.05) is 18.9 Å². The minimum absolute atomic E-state index is 0.0231. The van der Waals surface area contributed by atoms with Crippen LogP contribution in [0.5, 0.6) is 0 Å². The second kappa shape index (κ2) is 6.58. The summed E-state index contributed by atoms with van der Waals surface area (Å²) in [6.07, 6.45) is 4.02. The van der Waals surface area contributed by atoms with Crippen LogP contribution in [-0.4, -0.2) is 27.3 Å². The summed E-state index contributed by atoms with van der Waals surface area (Å²) in [6.45, 7) is 0.478. The van der Waals surface area contributed by atoms with Crippen molar-refractivity contribution in [3.63, 3.8) is 0 Å². The van der Waals surface area contributed by atoms with E-state index in [0.717, 1.165) is 6.42 Å². The van der Waals surface area contributed by atoms with Crippen molar-refractivity contribution in [1.29, 1.82) is 0 Å². The molecule has 1 aliphatic heterocycles. The average molecular weight is 338 g/mol. The van der Waals surface area contributed by atoms with Crippen molar-refractivity contribution in [3.8, 4) is 0 Å². The van der Waals surface area contributed by atoms with E-state index in [1.54, 1.807) is 0 Å². The highest BCUT2D eigenvalue weighted by molar-refractivity contribution is 6.30. The Bertz CT molecular complexity index is 741. The summed E-state index contributed by atoms with van der Waals surface area (Å²) in [5.41, 5.74) is 0.243. The van der Waals surface area contributed by atoms with Gasteiger partial charge in [-0.1, -0.05) is 11.6 Å². The molecule has 2 aromatic heterocycles. The number of pyridine rings is 2. The van der Waals surface area contributed by atoms with Gasteiger partial charge >= 0.3 is 0 Å². The summed E-state index contributed by atoms with van der Waals surface area (Å²) in [5.74, 6) is -1.43. The largest absolute Gasteiger partial charge is 0.334 e. The van der Waals surface area contributed by atoms with Gasteiger partial charge in [-0.3, -0.25) is 14.8 Å². The van der Waals surface area contributed by atoms with E-state index in [0.29, 0.717) is 13.0 Å². The fourth-order valence-electron chi connectivity index (χ4n) is 2.81. The Labute approximate surface area is 137 Å². The maximum absolute atomic E-state index is 14.2. The van der Waals surface area contributed by atoms with E-state index < -0.39 is 17.7 Å². The normalized spacial score (nSPS) is 17.5. The van der Waals surface area contributed by atoms with Crippen LogP contribution in [-0.2, 0) is 11.2 Å². The van der Waals surface area contributed by atoms with Gasteiger partial charge in [0.2, 0.25) is 5.91 Å². The molecule has 4 nitrogen and oxygen atoms in total. The Kier molecular flexibility index (Phi) is 4.52. The molecule has 0 bridgehead atoms. The average Bonchev–Trinajstić information content (AvgIpc) is 3.02. The molecule has 0 saturated carbocycles. The molecule has 3 rings (SSSR count). The zero-order chi connectivity index (χ0) is 16.4. The lowest BCUT2D eigenvalue weighted by atomic mass is 10.1. The first-order valence-electron chi connectivity index (χ1n) is 7.26. The molecule has 7 heteroatoms. The van der Waals surface area contributed by atoms with Crippen molar-refractivity contribution in [2.45, 2.75) is 25.3 Å². The van der Waals surface area contributed by atoms with E-state index in [9.17, 15) is 13.6 Å². The summed E-state index contributed by atoms with van der Waals surface area (Å²) in [4.78, 5) is 21.9. The quantitative estimate of drug-likeness (QED) is 0.863. The van der Waals surface area contributed by atoms with Gasteiger partial charge < -0.3 is 4.90 Å². The SMILES string of the molecule is O=C(Cc1ncccc1F)N1CCCC1c1nccc(Cl)c1F. The number of aromatic nitrogens is 2. The van der Waals surface area contributed by atoms with E-state index in [-0.39, 0.29) is 28.7 Å². The Morgan fingerprint density at radius 3 is 2.91 bits per heavy atom. The zero-order valence-electron chi connectivity index (χ0n) is 12.2. The molecule has 1 amide bonds. The Morgan fingerprint density at radius 2 is 2.13 bits per heavy atom. The molecule has 3 heterocycles. The van der Waals surface area contributed by atoms with Gasteiger partial charge in [-0.25, -0.2) is 8.78 Å². The van der Waals surface area contributed by atoms with E-state index in [2.05, 4.69) is 9.97 Å². The topological polar surface area (TPSA) is 46.1 Å². The number of nitrogens with zero attached hydrogens (tertiary/aromatic N) is 3. The maximum Gasteiger partial charge on any atom is 0.229 e. The van der Waals surface area contributed by atoms with Crippen molar-refractivity contribution < 1.29 is 13.6 Å². The molecule has 1 unspecified atom stereocenters. The van der Waals surface area contributed by atoms with Gasteiger partial charge in [-0.05, 0) is 31.0 Å². The van der Waals surface area contributed by atoms with E-state index >= 15 is 0 Å². The maximum atomic E-state index is 14.2. The summed E-state index contributed by atoms with van der Waals surface area (Å²) in [5, 5.41) is -0.0231. The van der Waals surface area contributed by atoms with E-state index in [1.807, 2.05) is 0 Å². The van der Waals surface area contributed by atoms with Crippen LogP contribution in [0.3, 0.4) is 0 Å². The summed E-state index contributed by atoms with van der Waals surface area (Å²) in [6, 6.07) is 3.61. The Hall–Kier alpha value is -2.08. The molecule has 0 radical (unpaired) electrons. The number of carbonyl (C=O) groups is 1. The van der Waals surface area contributed by atoms with E-state index in [1.165, 1.54) is 35.5 Å². The second-order valence-corrected chi connectivity index (χ2v) is 5.75. The molecule has 0 spiro atoms. The monoisotopic (exact) mass is 337 g/mol. The number of likely N-dealkylation sites (tertiary alicyclic amines) is 1. The van der Waals surface area contributed by atoms with Gasteiger partial charge in [-0.15, -0.1) is 0 Å². The molecule has 1 atom stereocenters. The third-order valence-electron chi connectivity index (χ3n) is 3.91. The van der Waals surface area contributed by atoms with Crippen molar-refractivity contribution >= 4 is 17.5 Å². The minimum atomic E-state index is -0.608. The number of halogens is 3. The summed E-state index contributed by atoms with van der Waals surface area (Å²) in [7, 11) is 0. The molecule has 0 aromatic carbocycles. The first-order valence-corrected chi connectivity index (χ1v) is 7.64. The van der Waals surface area contributed by atoms with Crippen LogP contribution in [0.2, 0.25) is 5.02 Å². The predicted octanol–water partition coefficient (Wildman–Crippen LogP) is 3.31. The Morgan fingerprint density at radius 1 is 1.30 bits per heavy atom. The van der Waals surface area contributed by atoms with Gasteiger partial charge in [0.15, 0.2) is 5.82 Å². The molecule has 120 valence electrons. The van der Waals surface area contributed by atoms with Crippen LogP contribution < -0.4 is 0 Å². The molecule has 1 fully saturated rings. The first-order chi connectivity index (χ1) is 11.1. The van der Waals surface area contributed by atoms with Crippen LogP contribution in [0.15, 0.2) is 30.6 Å². The minimum Gasteiger partial charge on any atom is -0.334 e. The third kappa shape index (κ3) is 3.17.